The number of hydrogen-bond donors (Lipinski definition) is 2. The molecule has 6 heteroatoms. The summed E-state index contributed by atoms with van der Waals surface area (Å²) >= 11 is 0. The molecule has 2 N–H and O–H groups in total. The number of hydrogen-bond acceptors (Lipinski definition) is 4. The first-order valence-electron chi connectivity index (χ1n) is 8.59. The van der Waals surface area contributed by atoms with Gasteiger partial charge in [0.05, 0.1) is 9.79 Å². The maximum atomic E-state index is 13.1. The molecule has 0 amide bonds. The van der Waals surface area contributed by atoms with E-state index in [-0.39, 0.29) is 9.79 Å². The largest absolute Gasteiger partial charge is 0.381 e. The second-order valence-electron chi connectivity index (χ2n) is 6.94. The summed E-state index contributed by atoms with van der Waals surface area (Å²) in [6.45, 7) is 3.13. The van der Waals surface area contributed by atoms with Crippen molar-refractivity contribution in [3.63, 3.8) is 0 Å². The van der Waals surface area contributed by atoms with E-state index in [1.807, 2.05) is 6.07 Å². The minimum absolute atomic E-state index is 0.118. The molecule has 0 aliphatic carbocycles. The van der Waals surface area contributed by atoms with E-state index in [4.69, 9.17) is 0 Å². The summed E-state index contributed by atoms with van der Waals surface area (Å²) in [6.07, 6.45) is 1.99. The molecule has 2 aromatic carbocycles. The Morgan fingerprint density at radius 1 is 1.08 bits per heavy atom. The van der Waals surface area contributed by atoms with Gasteiger partial charge in [0.25, 0.3) is 0 Å². The quantitative estimate of drug-likeness (QED) is 0.807. The Kier molecular flexibility index (Phi) is 4.04. The molecule has 4 rings (SSSR count). The van der Waals surface area contributed by atoms with Gasteiger partial charge >= 0.3 is 0 Å². The van der Waals surface area contributed by atoms with Crippen LogP contribution in [0.15, 0.2) is 52.3 Å². The van der Waals surface area contributed by atoms with Gasteiger partial charge in [-0.05, 0) is 74.3 Å². The van der Waals surface area contributed by atoms with Crippen LogP contribution in [-0.2, 0) is 9.84 Å². The lowest BCUT2D eigenvalue weighted by molar-refractivity contribution is 0.511. The van der Waals surface area contributed by atoms with E-state index in [2.05, 4.69) is 17.6 Å². The van der Waals surface area contributed by atoms with Crippen molar-refractivity contribution in [3.05, 3.63) is 53.8 Å². The minimum atomic E-state index is -3.65. The predicted octanol–water partition coefficient (Wildman–Crippen LogP) is 3.31. The van der Waals surface area contributed by atoms with Crippen LogP contribution in [0.3, 0.4) is 0 Å². The van der Waals surface area contributed by atoms with Crippen molar-refractivity contribution in [2.75, 3.05) is 11.9 Å². The van der Waals surface area contributed by atoms with Gasteiger partial charge in [0.2, 0.25) is 9.84 Å². The molecule has 1 fully saturated rings. The number of fused-ring (bicyclic) bond motifs is 3. The van der Waals surface area contributed by atoms with Gasteiger partial charge < -0.3 is 10.6 Å². The summed E-state index contributed by atoms with van der Waals surface area (Å²) in [5.74, 6) is -0.136. The van der Waals surface area contributed by atoms with Crippen LogP contribution in [0.2, 0.25) is 0 Å². The third kappa shape index (κ3) is 2.93. The van der Waals surface area contributed by atoms with Crippen molar-refractivity contribution >= 4 is 15.5 Å². The zero-order valence-electron chi connectivity index (χ0n) is 14.0. The SMILES string of the molecule is CC1C[C@@H]2c3cc(S(=O)(=O)c4ccc(F)cc4)ccc3N[C@@H]2CCN1. The van der Waals surface area contributed by atoms with Crippen LogP contribution < -0.4 is 10.6 Å². The molecule has 2 aliphatic rings. The van der Waals surface area contributed by atoms with Gasteiger partial charge in [0, 0.05) is 23.7 Å². The second kappa shape index (κ2) is 6.11. The molecule has 0 radical (unpaired) electrons. The van der Waals surface area contributed by atoms with Crippen LogP contribution >= 0.6 is 0 Å². The minimum Gasteiger partial charge on any atom is -0.381 e. The third-order valence-electron chi connectivity index (χ3n) is 5.24. The molecule has 25 heavy (non-hydrogen) atoms. The van der Waals surface area contributed by atoms with Crippen molar-refractivity contribution in [2.45, 2.75) is 47.6 Å². The molecule has 4 nitrogen and oxygen atoms in total. The van der Waals surface area contributed by atoms with Crippen LogP contribution in [0.1, 0.15) is 31.2 Å². The highest BCUT2D eigenvalue weighted by Gasteiger charge is 2.35. The lowest BCUT2D eigenvalue weighted by Gasteiger charge is -2.18. The fourth-order valence-electron chi connectivity index (χ4n) is 3.93. The highest BCUT2D eigenvalue weighted by Crippen LogP contribution is 2.42. The average molecular weight is 360 g/mol. The maximum absolute atomic E-state index is 13.1. The van der Waals surface area contributed by atoms with Crippen LogP contribution in [0.5, 0.6) is 0 Å². The van der Waals surface area contributed by atoms with Gasteiger partial charge in [-0.25, -0.2) is 12.8 Å². The van der Waals surface area contributed by atoms with E-state index < -0.39 is 15.7 Å². The first-order chi connectivity index (χ1) is 11.9. The molecule has 1 unspecified atom stereocenters. The molecule has 0 saturated carbocycles. The number of anilines is 1. The number of rotatable bonds is 2. The fraction of sp³-hybridized carbons (Fsp3) is 0.368. The molecular formula is C19H21FN2O2S. The maximum Gasteiger partial charge on any atom is 0.206 e. The van der Waals surface area contributed by atoms with E-state index in [0.29, 0.717) is 18.0 Å². The summed E-state index contributed by atoms with van der Waals surface area (Å²) in [5, 5.41) is 7.02. The Bertz CT molecular complexity index is 896. The molecule has 132 valence electrons. The average Bonchev–Trinajstić information content (AvgIpc) is 2.81. The van der Waals surface area contributed by atoms with Gasteiger partial charge in [-0.15, -0.1) is 0 Å². The number of sulfone groups is 1. The lowest BCUT2D eigenvalue weighted by Crippen LogP contribution is -2.25. The van der Waals surface area contributed by atoms with Gasteiger partial charge in [0.15, 0.2) is 0 Å². The van der Waals surface area contributed by atoms with Crippen molar-refractivity contribution in [1.82, 2.24) is 5.32 Å². The van der Waals surface area contributed by atoms with Gasteiger partial charge in [-0.2, -0.15) is 0 Å². The molecule has 0 spiro atoms. The monoisotopic (exact) mass is 360 g/mol. The zero-order chi connectivity index (χ0) is 17.6. The second-order valence-corrected chi connectivity index (χ2v) is 8.89. The Labute approximate surface area is 147 Å². The van der Waals surface area contributed by atoms with Gasteiger partial charge in [0.1, 0.15) is 5.82 Å². The molecule has 2 heterocycles. The standard InChI is InChI=1S/C19H21FN2O2S/c1-12-10-16-17-11-15(6-7-18(17)22-19(16)8-9-21-12)25(23,24)14-4-2-13(20)3-5-14/h2-7,11-12,16,19,21-22H,8-10H2,1H3/t12?,16-,19-/m1/s1. The Hall–Kier alpha value is -1.92. The van der Waals surface area contributed by atoms with E-state index in [1.54, 1.807) is 12.1 Å². The summed E-state index contributed by atoms with van der Waals surface area (Å²) in [6, 6.07) is 11.0. The first-order valence-corrected chi connectivity index (χ1v) is 10.1. The normalized spacial score (nSPS) is 25.6. The highest BCUT2D eigenvalue weighted by molar-refractivity contribution is 7.91. The number of benzene rings is 2. The molecule has 2 aliphatic heterocycles. The first kappa shape index (κ1) is 16.5. The van der Waals surface area contributed by atoms with Gasteiger partial charge in [-0.1, -0.05) is 0 Å². The molecule has 0 aromatic heterocycles. The topological polar surface area (TPSA) is 58.2 Å². The molecule has 0 bridgehead atoms. The van der Waals surface area contributed by atoms with Crippen LogP contribution in [0.4, 0.5) is 10.1 Å². The third-order valence-corrected chi connectivity index (χ3v) is 7.01. The van der Waals surface area contributed by atoms with E-state index in [9.17, 15) is 12.8 Å². The fourth-order valence-corrected chi connectivity index (χ4v) is 5.22. The van der Waals surface area contributed by atoms with Crippen LogP contribution in [0, 0.1) is 5.82 Å². The summed E-state index contributed by atoms with van der Waals surface area (Å²) in [5.41, 5.74) is 2.10. The van der Waals surface area contributed by atoms with Gasteiger partial charge in [-0.3, -0.25) is 0 Å². The Balaban J connectivity index is 1.73. The van der Waals surface area contributed by atoms with Crippen molar-refractivity contribution < 1.29 is 12.8 Å². The lowest BCUT2D eigenvalue weighted by atomic mass is 9.89. The predicted molar refractivity (Wildman–Crippen MR) is 95.1 cm³/mol. The molecular weight excluding hydrogens is 339 g/mol. The van der Waals surface area contributed by atoms with Crippen molar-refractivity contribution in [3.8, 4) is 0 Å². The van der Waals surface area contributed by atoms with Crippen LogP contribution in [-0.4, -0.2) is 27.0 Å². The number of nitrogens with one attached hydrogen (secondary N) is 2. The molecule has 1 saturated heterocycles. The van der Waals surface area contributed by atoms with E-state index in [1.165, 1.54) is 24.3 Å². The Morgan fingerprint density at radius 2 is 1.80 bits per heavy atom. The summed E-state index contributed by atoms with van der Waals surface area (Å²) in [7, 11) is -3.65. The van der Waals surface area contributed by atoms with E-state index >= 15 is 0 Å². The summed E-state index contributed by atoms with van der Waals surface area (Å²) < 4.78 is 38.9. The van der Waals surface area contributed by atoms with E-state index in [0.717, 1.165) is 30.6 Å². The number of halogens is 1. The molecule has 3 atom stereocenters. The summed E-state index contributed by atoms with van der Waals surface area (Å²) in [4.78, 5) is 0.387. The van der Waals surface area contributed by atoms with Crippen molar-refractivity contribution in [2.24, 2.45) is 0 Å². The zero-order valence-corrected chi connectivity index (χ0v) is 14.8. The Morgan fingerprint density at radius 3 is 2.56 bits per heavy atom. The van der Waals surface area contributed by atoms with Crippen LogP contribution in [0.25, 0.3) is 0 Å². The van der Waals surface area contributed by atoms with Crippen molar-refractivity contribution in [1.29, 1.82) is 0 Å². The smallest absolute Gasteiger partial charge is 0.206 e. The molecule has 2 aromatic rings. The highest BCUT2D eigenvalue weighted by atomic mass is 32.2.